The van der Waals surface area contributed by atoms with Gasteiger partial charge in [-0.15, -0.1) is 0 Å². The first-order chi connectivity index (χ1) is 8.24. The van der Waals surface area contributed by atoms with Crippen LogP contribution in [0.25, 0.3) is 0 Å². The van der Waals surface area contributed by atoms with Crippen LogP contribution in [-0.4, -0.2) is 37.1 Å². The summed E-state index contributed by atoms with van der Waals surface area (Å²) in [6, 6.07) is 6.98. The van der Waals surface area contributed by atoms with Gasteiger partial charge in [-0.25, -0.2) is 0 Å². The first kappa shape index (κ1) is 11.4. The van der Waals surface area contributed by atoms with Crippen molar-refractivity contribution in [1.82, 2.24) is 4.90 Å². The van der Waals surface area contributed by atoms with Crippen LogP contribution >= 0.6 is 15.9 Å². The Balaban J connectivity index is 1.68. The molecule has 0 amide bonds. The second kappa shape index (κ2) is 4.50. The Hall–Kier alpha value is -0.740. The summed E-state index contributed by atoms with van der Waals surface area (Å²) in [6.07, 6.45) is 2.82. The van der Waals surface area contributed by atoms with Crippen LogP contribution in [0.1, 0.15) is 12.8 Å². The van der Waals surface area contributed by atoms with E-state index in [-0.39, 0.29) is 0 Å². The van der Waals surface area contributed by atoms with Gasteiger partial charge in [-0.3, -0.25) is 4.90 Å². The van der Waals surface area contributed by atoms with Crippen molar-refractivity contribution in [2.45, 2.75) is 18.9 Å². The van der Waals surface area contributed by atoms with Crippen LogP contribution in [0.3, 0.4) is 0 Å². The van der Waals surface area contributed by atoms with Crippen molar-refractivity contribution in [3.05, 3.63) is 22.7 Å². The fourth-order valence-electron chi connectivity index (χ4n) is 2.55. The van der Waals surface area contributed by atoms with Gasteiger partial charge in [-0.1, -0.05) is 0 Å². The van der Waals surface area contributed by atoms with Crippen molar-refractivity contribution in [3.8, 4) is 0 Å². The van der Waals surface area contributed by atoms with E-state index in [1.165, 1.54) is 31.6 Å². The van der Waals surface area contributed by atoms with E-state index in [9.17, 15) is 0 Å². The van der Waals surface area contributed by atoms with Crippen LogP contribution in [-0.2, 0) is 0 Å². The normalized spacial score (nSPS) is 21.8. The smallest absolute Gasteiger partial charge is 0.0513 e. The molecule has 1 aromatic carbocycles. The molecule has 1 aromatic rings. The van der Waals surface area contributed by atoms with Crippen LogP contribution in [0, 0.1) is 0 Å². The molecule has 3 rings (SSSR count). The predicted octanol–water partition coefficient (Wildman–Crippen LogP) is 2.32. The van der Waals surface area contributed by atoms with Gasteiger partial charge in [0.05, 0.1) is 5.69 Å². The SMILES string of the molecule is Nc1ccc(N2CCN(C3CC3)CC2)c(Br)c1. The van der Waals surface area contributed by atoms with Gasteiger partial charge >= 0.3 is 0 Å². The lowest BCUT2D eigenvalue weighted by molar-refractivity contribution is 0.248. The van der Waals surface area contributed by atoms with Crippen LogP contribution in [0.4, 0.5) is 11.4 Å². The second-order valence-electron chi connectivity index (χ2n) is 4.97. The average Bonchev–Trinajstić information content (AvgIpc) is 3.13. The van der Waals surface area contributed by atoms with Gasteiger partial charge in [0.15, 0.2) is 0 Å². The molecule has 0 unspecified atom stereocenters. The number of rotatable bonds is 2. The molecule has 0 atom stereocenters. The summed E-state index contributed by atoms with van der Waals surface area (Å²) >= 11 is 3.60. The molecule has 17 heavy (non-hydrogen) atoms. The molecule has 1 saturated heterocycles. The lowest BCUT2D eigenvalue weighted by Gasteiger charge is -2.36. The number of benzene rings is 1. The van der Waals surface area contributed by atoms with Crippen molar-refractivity contribution >= 4 is 27.3 Å². The third-order valence-corrected chi connectivity index (χ3v) is 4.33. The Labute approximate surface area is 111 Å². The molecule has 4 heteroatoms. The summed E-state index contributed by atoms with van der Waals surface area (Å²) in [4.78, 5) is 5.07. The number of nitrogens with zero attached hydrogens (tertiary/aromatic N) is 2. The molecule has 1 aliphatic carbocycles. The Morgan fingerprint density at radius 1 is 1.12 bits per heavy atom. The van der Waals surface area contributed by atoms with Crippen molar-refractivity contribution < 1.29 is 0 Å². The minimum Gasteiger partial charge on any atom is -0.399 e. The highest BCUT2D eigenvalue weighted by atomic mass is 79.9. The summed E-state index contributed by atoms with van der Waals surface area (Å²) in [5.74, 6) is 0. The van der Waals surface area contributed by atoms with Gasteiger partial charge in [0.25, 0.3) is 0 Å². The molecule has 2 N–H and O–H groups in total. The van der Waals surface area contributed by atoms with E-state index in [4.69, 9.17) is 5.73 Å². The quantitative estimate of drug-likeness (QED) is 0.850. The van der Waals surface area contributed by atoms with E-state index in [2.05, 4.69) is 31.8 Å². The molecular weight excluding hydrogens is 278 g/mol. The van der Waals surface area contributed by atoms with Crippen LogP contribution in [0.15, 0.2) is 22.7 Å². The Kier molecular flexibility index (Phi) is 3.01. The monoisotopic (exact) mass is 295 g/mol. The third kappa shape index (κ3) is 2.43. The summed E-state index contributed by atoms with van der Waals surface area (Å²) in [5.41, 5.74) is 7.86. The number of hydrogen-bond acceptors (Lipinski definition) is 3. The van der Waals surface area contributed by atoms with Gasteiger partial charge < -0.3 is 10.6 Å². The minimum absolute atomic E-state index is 0.817. The van der Waals surface area contributed by atoms with Crippen molar-refractivity contribution in [2.24, 2.45) is 0 Å². The highest BCUT2D eigenvalue weighted by Gasteiger charge is 2.31. The third-order valence-electron chi connectivity index (χ3n) is 3.69. The van der Waals surface area contributed by atoms with E-state index in [0.29, 0.717) is 0 Å². The lowest BCUT2D eigenvalue weighted by atomic mass is 10.2. The molecule has 1 aliphatic heterocycles. The molecule has 2 fully saturated rings. The predicted molar refractivity (Wildman–Crippen MR) is 75.4 cm³/mol. The largest absolute Gasteiger partial charge is 0.399 e. The van der Waals surface area contributed by atoms with Gasteiger partial charge in [0, 0.05) is 42.4 Å². The molecule has 1 heterocycles. The fourth-order valence-corrected chi connectivity index (χ4v) is 3.19. The maximum atomic E-state index is 5.77. The van der Waals surface area contributed by atoms with Crippen LogP contribution < -0.4 is 10.6 Å². The van der Waals surface area contributed by atoms with E-state index in [1.807, 2.05) is 12.1 Å². The molecule has 2 aliphatic rings. The Morgan fingerprint density at radius 2 is 1.82 bits per heavy atom. The van der Waals surface area contributed by atoms with Crippen molar-refractivity contribution in [2.75, 3.05) is 36.8 Å². The van der Waals surface area contributed by atoms with E-state index in [1.54, 1.807) is 0 Å². The molecule has 1 saturated carbocycles. The molecule has 92 valence electrons. The molecule has 0 aromatic heterocycles. The molecule has 3 nitrogen and oxygen atoms in total. The standard InChI is InChI=1S/C13H18BrN3/c14-12-9-10(15)1-4-13(12)17-7-5-16(6-8-17)11-2-3-11/h1,4,9,11H,2-3,5-8,15H2. The highest BCUT2D eigenvalue weighted by molar-refractivity contribution is 9.10. The van der Waals surface area contributed by atoms with Gasteiger partial charge in [0.1, 0.15) is 0 Å². The zero-order valence-corrected chi connectivity index (χ0v) is 11.5. The van der Waals surface area contributed by atoms with Crippen LogP contribution in [0.5, 0.6) is 0 Å². The van der Waals surface area contributed by atoms with E-state index in [0.717, 1.165) is 29.3 Å². The summed E-state index contributed by atoms with van der Waals surface area (Å²) in [7, 11) is 0. The highest BCUT2D eigenvalue weighted by Crippen LogP contribution is 2.31. The van der Waals surface area contributed by atoms with Gasteiger partial charge in [-0.05, 0) is 47.0 Å². The van der Waals surface area contributed by atoms with Crippen molar-refractivity contribution in [3.63, 3.8) is 0 Å². The maximum Gasteiger partial charge on any atom is 0.0513 e. The van der Waals surface area contributed by atoms with E-state index < -0.39 is 0 Å². The van der Waals surface area contributed by atoms with Crippen LogP contribution in [0.2, 0.25) is 0 Å². The van der Waals surface area contributed by atoms with Crippen molar-refractivity contribution in [1.29, 1.82) is 0 Å². The number of nitrogen functional groups attached to an aromatic ring is 1. The topological polar surface area (TPSA) is 32.5 Å². The Morgan fingerprint density at radius 3 is 2.41 bits per heavy atom. The molecule has 0 spiro atoms. The summed E-state index contributed by atoms with van der Waals surface area (Å²) < 4.78 is 1.11. The molecule has 0 radical (unpaired) electrons. The van der Waals surface area contributed by atoms with E-state index >= 15 is 0 Å². The number of anilines is 2. The number of nitrogens with two attached hydrogens (primary N) is 1. The average molecular weight is 296 g/mol. The number of piperazine rings is 1. The molecule has 0 bridgehead atoms. The van der Waals surface area contributed by atoms with Gasteiger partial charge in [0.2, 0.25) is 0 Å². The minimum atomic E-state index is 0.817. The first-order valence-electron chi connectivity index (χ1n) is 6.28. The summed E-state index contributed by atoms with van der Waals surface area (Å²) in [5, 5.41) is 0. The van der Waals surface area contributed by atoms with Gasteiger partial charge in [-0.2, -0.15) is 0 Å². The maximum absolute atomic E-state index is 5.77. The second-order valence-corrected chi connectivity index (χ2v) is 5.82. The zero-order chi connectivity index (χ0) is 11.8. The fraction of sp³-hybridized carbons (Fsp3) is 0.538. The Bertz CT molecular complexity index is 409. The zero-order valence-electron chi connectivity index (χ0n) is 9.90. The number of hydrogen-bond donors (Lipinski definition) is 1. The number of halogens is 1. The molecular formula is C13H18BrN3. The lowest BCUT2D eigenvalue weighted by Crippen LogP contribution is -2.47. The summed E-state index contributed by atoms with van der Waals surface area (Å²) in [6.45, 7) is 4.64. The first-order valence-corrected chi connectivity index (χ1v) is 7.07.